The fourth-order valence-electron chi connectivity index (χ4n) is 2.97. The van der Waals surface area contributed by atoms with E-state index in [1.807, 2.05) is 0 Å². The normalized spacial score (nSPS) is 22.0. The second-order valence-corrected chi connectivity index (χ2v) is 6.14. The first kappa shape index (κ1) is 15.8. The van der Waals surface area contributed by atoms with Crippen LogP contribution < -0.4 is 10.2 Å². The van der Waals surface area contributed by atoms with Crippen LogP contribution in [0.4, 0.5) is 0 Å². The minimum absolute atomic E-state index is 0.426. The van der Waals surface area contributed by atoms with Crippen LogP contribution in [-0.2, 0) is 0 Å². The molecule has 2 aromatic rings. The van der Waals surface area contributed by atoms with Crippen LogP contribution in [0.5, 0.6) is 5.75 Å². The van der Waals surface area contributed by atoms with Crippen molar-refractivity contribution in [2.45, 2.75) is 31.6 Å². The van der Waals surface area contributed by atoms with Crippen molar-refractivity contribution in [3.05, 3.63) is 59.2 Å². The summed E-state index contributed by atoms with van der Waals surface area (Å²) in [5, 5.41) is 29.0. The molecule has 0 aliphatic carbocycles. The lowest BCUT2D eigenvalue weighted by Gasteiger charge is -2.43. The second kappa shape index (κ2) is 5.84. The van der Waals surface area contributed by atoms with E-state index in [1.54, 1.807) is 67.2 Å². The predicted molar refractivity (Wildman–Crippen MR) is 85.6 cm³/mol. The zero-order valence-electron chi connectivity index (χ0n) is 13.3. The molecule has 120 valence electrons. The molecule has 24 heavy (non-hydrogen) atoms. The number of aromatic nitrogens is 1. The average Bonchev–Trinajstić information content (AvgIpc) is 2.57. The number of nitrogens with zero attached hydrogens (tertiary/aromatic N) is 4. The van der Waals surface area contributed by atoms with E-state index in [1.165, 1.54) is 0 Å². The largest absolute Gasteiger partial charge is 0.485 e. The highest BCUT2D eigenvalue weighted by molar-refractivity contribution is 5.46. The van der Waals surface area contributed by atoms with E-state index in [-0.39, 0.29) is 0 Å². The van der Waals surface area contributed by atoms with Gasteiger partial charge in [0, 0.05) is 11.8 Å². The number of fused-ring (bicyclic) bond motifs is 1. The molecule has 0 fully saturated rings. The van der Waals surface area contributed by atoms with Gasteiger partial charge in [0.2, 0.25) is 6.19 Å². The molecule has 0 spiro atoms. The molecule has 0 radical (unpaired) electrons. The van der Waals surface area contributed by atoms with E-state index in [2.05, 4.69) is 11.1 Å². The van der Waals surface area contributed by atoms with Gasteiger partial charge in [0.1, 0.15) is 22.9 Å². The minimum atomic E-state index is -0.890. The Morgan fingerprint density at radius 2 is 2.04 bits per heavy atom. The highest BCUT2D eigenvalue weighted by Crippen LogP contribution is 2.41. The third-order valence-electron chi connectivity index (χ3n) is 4.17. The summed E-state index contributed by atoms with van der Waals surface area (Å²) in [5.74, 6) is 0.605. The molecule has 2 heterocycles. The zero-order valence-corrected chi connectivity index (χ0v) is 13.3. The summed E-state index contributed by atoms with van der Waals surface area (Å²) in [7, 11) is 0. The Hall–Kier alpha value is -3.09. The zero-order chi connectivity index (χ0) is 17.3. The SMILES string of the molecule is CC1(C)Oc2ccc(C#N)cc2C(n2ccccc2=NC#N)C1O. The molecule has 1 aromatic carbocycles. The Morgan fingerprint density at radius 1 is 1.25 bits per heavy atom. The molecule has 2 atom stereocenters. The summed E-state index contributed by atoms with van der Waals surface area (Å²) in [5.41, 5.74) is 0.754. The van der Waals surface area contributed by atoms with Crippen LogP contribution in [0.2, 0.25) is 0 Å². The molecule has 0 amide bonds. The number of hydrogen-bond acceptors (Lipinski definition) is 5. The quantitative estimate of drug-likeness (QED) is 0.811. The first-order chi connectivity index (χ1) is 11.5. The minimum Gasteiger partial charge on any atom is -0.485 e. The number of benzene rings is 1. The standard InChI is InChI=1S/C18H16N4O2/c1-18(2)17(23)16(22-8-4-3-5-15(22)21-11-20)13-9-12(10-19)6-7-14(13)24-18/h3-9,16-17,23H,1-2H3. The maximum Gasteiger partial charge on any atom is 0.207 e. The number of aliphatic hydroxyl groups is 1. The van der Waals surface area contributed by atoms with Gasteiger partial charge in [-0.25, -0.2) is 0 Å². The Kier molecular flexibility index (Phi) is 3.84. The number of ether oxygens (including phenoxy) is 1. The van der Waals surface area contributed by atoms with Gasteiger partial charge in [0.05, 0.1) is 17.7 Å². The van der Waals surface area contributed by atoms with Gasteiger partial charge in [-0.2, -0.15) is 15.5 Å². The van der Waals surface area contributed by atoms with Crippen molar-refractivity contribution in [3.8, 4) is 18.0 Å². The molecule has 1 aliphatic heterocycles. The van der Waals surface area contributed by atoms with Crippen molar-refractivity contribution in [1.29, 1.82) is 10.5 Å². The molecule has 1 aromatic heterocycles. The van der Waals surface area contributed by atoms with Crippen molar-refractivity contribution in [3.63, 3.8) is 0 Å². The average molecular weight is 320 g/mol. The monoisotopic (exact) mass is 320 g/mol. The summed E-state index contributed by atoms with van der Waals surface area (Å²) in [4.78, 5) is 3.83. The molecule has 0 bridgehead atoms. The molecular weight excluding hydrogens is 304 g/mol. The van der Waals surface area contributed by atoms with Crippen molar-refractivity contribution in [1.82, 2.24) is 4.57 Å². The van der Waals surface area contributed by atoms with E-state index >= 15 is 0 Å². The topological polar surface area (TPSA) is 94.3 Å². The Labute approximate surface area is 139 Å². The van der Waals surface area contributed by atoms with Crippen molar-refractivity contribution in [2.24, 2.45) is 4.99 Å². The van der Waals surface area contributed by atoms with E-state index in [0.717, 1.165) is 0 Å². The predicted octanol–water partition coefficient (Wildman–Crippen LogP) is 1.86. The lowest BCUT2D eigenvalue weighted by atomic mass is 9.85. The summed E-state index contributed by atoms with van der Waals surface area (Å²) in [6.07, 6.45) is 2.65. The van der Waals surface area contributed by atoms with Crippen LogP contribution >= 0.6 is 0 Å². The molecule has 6 heteroatoms. The smallest absolute Gasteiger partial charge is 0.207 e. The molecule has 1 aliphatic rings. The van der Waals surface area contributed by atoms with Crippen molar-refractivity contribution in [2.75, 3.05) is 0 Å². The molecule has 2 unspecified atom stereocenters. The molecule has 0 saturated carbocycles. The Balaban J connectivity index is 2.30. The van der Waals surface area contributed by atoms with Gasteiger partial charge in [-0.3, -0.25) is 0 Å². The van der Waals surface area contributed by atoms with Gasteiger partial charge in [0.15, 0.2) is 0 Å². The van der Waals surface area contributed by atoms with Gasteiger partial charge in [-0.05, 0) is 44.2 Å². The molecule has 3 rings (SSSR count). The number of nitriles is 2. The van der Waals surface area contributed by atoms with Gasteiger partial charge >= 0.3 is 0 Å². The van der Waals surface area contributed by atoms with Gasteiger partial charge in [0.25, 0.3) is 0 Å². The van der Waals surface area contributed by atoms with E-state index in [4.69, 9.17) is 10.00 Å². The summed E-state index contributed by atoms with van der Waals surface area (Å²) in [6, 6.07) is 12.0. The maximum atomic E-state index is 10.9. The van der Waals surface area contributed by atoms with Crippen LogP contribution in [0.3, 0.4) is 0 Å². The third kappa shape index (κ3) is 2.54. The Bertz CT molecular complexity index is 931. The van der Waals surface area contributed by atoms with Gasteiger partial charge < -0.3 is 14.4 Å². The number of hydrogen-bond donors (Lipinski definition) is 1. The molecule has 1 N–H and O–H groups in total. The number of pyridine rings is 1. The fraction of sp³-hybridized carbons (Fsp3) is 0.278. The summed E-state index contributed by atoms with van der Waals surface area (Å²) >= 11 is 0. The van der Waals surface area contributed by atoms with Crippen molar-refractivity contribution >= 4 is 0 Å². The van der Waals surface area contributed by atoms with Crippen LogP contribution in [0, 0.1) is 22.8 Å². The van der Waals surface area contributed by atoms with Gasteiger partial charge in [-0.1, -0.05) is 6.07 Å². The van der Waals surface area contributed by atoms with Crippen LogP contribution in [0.15, 0.2) is 47.6 Å². The lowest BCUT2D eigenvalue weighted by Crippen LogP contribution is -2.52. The van der Waals surface area contributed by atoms with Crippen LogP contribution in [0.1, 0.15) is 31.0 Å². The highest BCUT2D eigenvalue weighted by atomic mass is 16.5. The van der Waals surface area contributed by atoms with E-state index in [0.29, 0.717) is 22.4 Å². The summed E-state index contributed by atoms with van der Waals surface area (Å²) in [6.45, 7) is 3.60. The first-order valence-electron chi connectivity index (χ1n) is 7.49. The van der Waals surface area contributed by atoms with Crippen molar-refractivity contribution < 1.29 is 9.84 Å². The fourth-order valence-corrected chi connectivity index (χ4v) is 2.97. The van der Waals surface area contributed by atoms with E-state index < -0.39 is 17.7 Å². The first-order valence-corrected chi connectivity index (χ1v) is 7.49. The summed E-state index contributed by atoms with van der Waals surface area (Å²) < 4.78 is 7.65. The molecule has 0 saturated heterocycles. The number of aliphatic hydroxyl groups excluding tert-OH is 1. The van der Waals surface area contributed by atoms with Crippen LogP contribution in [-0.4, -0.2) is 21.4 Å². The molecule has 6 nitrogen and oxygen atoms in total. The second-order valence-electron chi connectivity index (χ2n) is 6.14. The van der Waals surface area contributed by atoms with Crippen LogP contribution in [0.25, 0.3) is 0 Å². The Morgan fingerprint density at radius 3 is 2.75 bits per heavy atom. The lowest BCUT2D eigenvalue weighted by molar-refractivity contribution is -0.0644. The molecular formula is C18H16N4O2. The van der Waals surface area contributed by atoms with E-state index in [9.17, 15) is 10.4 Å². The highest BCUT2D eigenvalue weighted by Gasteiger charge is 2.43. The third-order valence-corrected chi connectivity index (χ3v) is 4.17. The van der Waals surface area contributed by atoms with Gasteiger partial charge in [-0.15, -0.1) is 0 Å². The maximum absolute atomic E-state index is 10.9. The number of rotatable bonds is 1.